The lowest BCUT2D eigenvalue weighted by Gasteiger charge is -2.16. The van der Waals surface area contributed by atoms with Gasteiger partial charge in [-0.2, -0.15) is 0 Å². The van der Waals surface area contributed by atoms with E-state index in [0.717, 1.165) is 10.0 Å². The highest BCUT2D eigenvalue weighted by atomic mass is 79.9. The zero-order valence-electron chi connectivity index (χ0n) is 11.2. The molecule has 0 aliphatic carbocycles. The van der Waals surface area contributed by atoms with Crippen LogP contribution in [-0.4, -0.2) is 8.42 Å². The molecule has 0 heterocycles. The van der Waals surface area contributed by atoms with E-state index in [4.69, 9.17) is 17.3 Å². The van der Waals surface area contributed by atoms with Crippen molar-refractivity contribution in [2.45, 2.75) is 17.9 Å². The summed E-state index contributed by atoms with van der Waals surface area (Å²) in [5.41, 5.74) is 6.79. The molecule has 2 rings (SSSR count). The molecule has 0 saturated carbocycles. The standard InChI is InChI=1S/C14H14BrClN2O2S/c1-9(10-2-5-12(16)6-3-10)18-21(19,20)14-7-4-11(15)8-13(14)17/h2-9,18H,17H2,1H3. The summed E-state index contributed by atoms with van der Waals surface area (Å²) in [5, 5.41) is 0.603. The number of hydrogen-bond acceptors (Lipinski definition) is 3. The molecule has 0 bridgehead atoms. The van der Waals surface area contributed by atoms with Crippen LogP contribution in [-0.2, 0) is 10.0 Å². The number of nitrogen functional groups attached to an aromatic ring is 1. The smallest absolute Gasteiger partial charge is 0.243 e. The largest absolute Gasteiger partial charge is 0.398 e. The van der Waals surface area contributed by atoms with Crippen LogP contribution in [0.15, 0.2) is 51.8 Å². The first-order valence-corrected chi connectivity index (χ1v) is 8.78. The Kier molecular flexibility index (Phi) is 4.93. The summed E-state index contributed by atoms with van der Waals surface area (Å²) in [5.74, 6) is 0. The fourth-order valence-electron chi connectivity index (χ4n) is 1.88. The number of sulfonamides is 1. The van der Waals surface area contributed by atoms with Crippen LogP contribution in [0.25, 0.3) is 0 Å². The first-order valence-electron chi connectivity index (χ1n) is 6.12. The SMILES string of the molecule is CC(NS(=O)(=O)c1ccc(Br)cc1N)c1ccc(Cl)cc1. The maximum absolute atomic E-state index is 12.4. The Labute approximate surface area is 137 Å². The van der Waals surface area contributed by atoms with Crippen molar-refractivity contribution in [1.82, 2.24) is 4.72 Å². The second-order valence-electron chi connectivity index (χ2n) is 4.58. The molecule has 1 unspecified atom stereocenters. The number of hydrogen-bond donors (Lipinski definition) is 2. The summed E-state index contributed by atoms with van der Waals surface area (Å²) >= 11 is 9.07. The molecule has 0 aromatic heterocycles. The van der Waals surface area contributed by atoms with E-state index in [1.165, 1.54) is 6.07 Å². The Balaban J connectivity index is 2.26. The van der Waals surface area contributed by atoms with Gasteiger partial charge >= 0.3 is 0 Å². The van der Waals surface area contributed by atoms with E-state index in [1.54, 1.807) is 43.3 Å². The molecule has 0 aliphatic heterocycles. The zero-order chi connectivity index (χ0) is 15.6. The number of nitrogens with two attached hydrogens (primary N) is 1. The maximum Gasteiger partial charge on any atom is 0.243 e. The van der Waals surface area contributed by atoms with Gasteiger partial charge < -0.3 is 5.73 Å². The van der Waals surface area contributed by atoms with Gasteiger partial charge in [-0.3, -0.25) is 0 Å². The molecule has 0 spiro atoms. The van der Waals surface area contributed by atoms with E-state index in [2.05, 4.69) is 20.7 Å². The fourth-order valence-corrected chi connectivity index (χ4v) is 3.73. The molecule has 2 aromatic carbocycles. The van der Waals surface area contributed by atoms with E-state index in [1.807, 2.05) is 0 Å². The van der Waals surface area contributed by atoms with Crippen LogP contribution in [0.4, 0.5) is 5.69 Å². The Bertz CT molecular complexity index is 748. The lowest BCUT2D eigenvalue weighted by molar-refractivity contribution is 0.567. The highest BCUT2D eigenvalue weighted by molar-refractivity contribution is 9.10. The van der Waals surface area contributed by atoms with E-state index in [9.17, 15) is 8.42 Å². The second-order valence-corrected chi connectivity index (χ2v) is 7.61. The van der Waals surface area contributed by atoms with Crippen molar-refractivity contribution < 1.29 is 8.42 Å². The van der Waals surface area contributed by atoms with E-state index < -0.39 is 16.1 Å². The Morgan fingerprint density at radius 3 is 2.38 bits per heavy atom. The quantitative estimate of drug-likeness (QED) is 0.783. The van der Waals surface area contributed by atoms with Crippen molar-refractivity contribution in [2.24, 2.45) is 0 Å². The molecule has 0 radical (unpaired) electrons. The van der Waals surface area contributed by atoms with Gasteiger partial charge in [0, 0.05) is 15.5 Å². The summed E-state index contributed by atoms with van der Waals surface area (Å²) in [7, 11) is -3.69. The molecule has 4 nitrogen and oxygen atoms in total. The number of benzene rings is 2. The zero-order valence-corrected chi connectivity index (χ0v) is 14.3. The van der Waals surface area contributed by atoms with Crippen LogP contribution >= 0.6 is 27.5 Å². The minimum absolute atomic E-state index is 0.0616. The van der Waals surface area contributed by atoms with Gasteiger partial charge in [0.05, 0.1) is 5.69 Å². The minimum atomic E-state index is -3.69. The van der Waals surface area contributed by atoms with Crippen molar-refractivity contribution in [1.29, 1.82) is 0 Å². The van der Waals surface area contributed by atoms with Crippen LogP contribution in [0.1, 0.15) is 18.5 Å². The highest BCUT2D eigenvalue weighted by Crippen LogP contribution is 2.25. The van der Waals surface area contributed by atoms with Gasteiger partial charge in [-0.1, -0.05) is 39.7 Å². The molecular formula is C14H14BrClN2O2S. The number of nitrogens with one attached hydrogen (secondary N) is 1. The van der Waals surface area contributed by atoms with Crippen LogP contribution in [0, 0.1) is 0 Å². The molecular weight excluding hydrogens is 376 g/mol. The van der Waals surface area contributed by atoms with Gasteiger partial charge in [0.1, 0.15) is 4.90 Å². The molecule has 112 valence electrons. The van der Waals surface area contributed by atoms with Crippen molar-refractivity contribution in [3.63, 3.8) is 0 Å². The second kappa shape index (κ2) is 6.36. The molecule has 0 aliphatic rings. The monoisotopic (exact) mass is 388 g/mol. The van der Waals surface area contributed by atoms with Crippen molar-refractivity contribution in [3.05, 3.63) is 57.5 Å². The molecule has 21 heavy (non-hydrogen) atoms. The predicted molar refractivity (Wildman–Crippen MR) is 88.7 cm³/mol. The van der Waals surface area contributed by atoms with Crippen LogP contribution in [0.5, 0.6) is 0 Å². The van der Waals surface area contributed by atoms with Crippen LogP contribution < -0.4 is 10.5 Å². The number of anilines is 1. The lowest BCUT2D eigenvalue weighted by Crippen LogP contribution is -2.27. The Morgan fingerprint density at radius 1 is 1.19 bits per heavy atom. The first kappa shape index (κ1) is 16.3. The summed E-state index contributed by atoms with van der Waals surface area (Å²) in [4.78, 5) is 0.0616. The number of rotatable bonds is 4. The van der Waals surface area contributed by atoms with Crippen LogP contribution in [0.2, 0.25) is 5.02 Å². The summed E-state index contributed by atoms with van der Waals surface area (Å²) in [6.07, 6.45) is 0. The van der Waals surface area contributed by atoms with Crippen molar-refractivity contribution in [2.75, 3.05) is 5.73 Å². The van der Waals surface area contributed by atoms with Gasteiger partial charge in [-0.05, 0) is 42.8 Å². The average molecular weight is 390 g/mol. The normalized spacial score (nSPS) is 13.1. The van der Waals surface area contributed by atoms with Gasteiger partial charge in [0.15, 0.2) is 0 Å². The number of halogens is 2. The van der Waals surface area contributed by atoms with Gasteiger partial charge in [-0.15, -0.1) is 0 Å². The molecule has 0 saturated heterocycles. The van der Waals surface area contributed by atoms with Gasteiger partial charge in [0.25, 0.3) is 0 Å². The molecule has 3 N–H and O–H groups in total. The lowest BCUT2D eigenvalue weighted by atomic mass is 10.1. The topological polar surface area (TPSA) is 72.2 Å². The Morgan fingerprint density at radius 2 is 1.81 bits per heavy atom. The van der Waals surface area contributed by atoms with Gasteiger partial charge in [0.2, 0.25) is 10.0 Å². The van der Waals surface area contributed by atoms with Crippen molar-refractivity contribution in [3.8, 4) is 0 Å². The van der Waals surface area contributed by atoms with Crippen LogP contribution in [0.3, 0.4) is 0 Å². The maximum atomic E-state index is 12.4. The van der Waals surface area contributed by atoms with Crippen molar-refractivity contribution >= 4 is 43.2 Å². The molecule has 2 aromatic rings. The third-order valence-electron chi connectivity index (χ3n) is 2.96. The fraction of sp³-hybridized carbons (Fsp3) is 0.143. The molecule has 0 fully saturated rings. The molecule has 1 atom stereocenters. The first-order chi connectivity index (χ1) is 9.79. The summed E-state index contributed by atoms with van der Waals surface area (Å²) in [6, 6.07) is 11.3. The average Bonchev–Trinajstić information content (AvgIpc) is 2.38. The molecule has 7 heteroatoms. The third kappa shape index (κ3) is 3.97. The highest BCUT2D eigenvalue weighted by Gasteiger charge is 2.20. The molecule has 0 amide bonds. The van der Waals surface area contributed by atoms with Gasteiger partial charge in [-0.25, -0.2) is 13.1 Å². The van der Waals surface area contributed by atoms with E-state index in [-0.39, 0.29) is 10.6 Å². The predicted octanol–water partition coefficient (Wildman–Crippen LogP) is 3.72. The summed E-state index contributed by atoms with van der Waals surface area (Å²) in [6.45, 7) is 1.76. The van der Waals surface area contributed by atoms with E-state index in [0.29, 0.717) is 5.02 Å². The minimum Gasteiger partial charge on any atom is -0.398 e. The van der Waals surface area contributed by atoms with E-state index >= 15 is 0 Å². The Hall–Kier alpha value is -1.08. The third-order valence-corrected chi connectivity index (χ3v) is 5.32. The summed E-state index contributed by atoms with van der Waals surface area (Å²) < 4.78 is 28.1.